The van der Waals surface area contributed by atoms with Crippen LogP contribution in [0.3, 0.4) is 0 Å². The summed E-state index contributed by atoms with van der Waals surface area (Å²) in [5, 5.41) is 11.1. The van der Waals surface area contributed by atoms with Gasteiger partial charge in [-0.1, -0.05) is 30.3 Å². The molecule has 1 amide bonds. The van der Waals surface area contributed by atoms with Gasteiger partial charge in [0, 0.05) is 12.5 Å². The Morgan fingerprint density at radius 1 is 1.32 bits per heavy atom. The van der Waals surface area contributed by atoms with Gasteiger partial charge in [0.15, 0.2) is 0 Å². The average molecular weight is 275 g/mol. The molecular weight excluding hydrogens is 259 g/mol. The van der Waals surface area contributed by atoms with E-state index in [1.165, 1.54) is 31.2 Å². The third-order valence-corrected chi connectivity index (χ3v) is 2.67. The molecule has 1 aromatic rings. The number of hydrogen-bond donors (Lipinski definition) is 2. The zero-order valence-electron chi connectivity index (χ0n) is 10.4. The highest BCUT2D eigenvalue weighted by molar-refractivity contribution is 5.77. The SMILES string of the molecule is CC(CO)NC(=O)CC(c1ccccc1)C(F)(F)F. The molecule has 0 spiro atoms. The number of hydrogen-bond acceptors (Lipinski definition) is 2. The van der Waals surface area contributed by atoms with Crippen molar-refractivity contribution in [2.75, 3.05) is 6.61 Å². The van der Waals surface area contributed by atoms with E-state index < -0.39 is 30.5 Å². The van der Waals surface area contributed by atoms with Crippen molar-refractivity contribution in [3.05, 3.63) is 35.9 Å². The first-order chi connectivity index (χ1) is 8.84. The topological polar surface area (TPSA) is 49.3 Å². The van der Waals surface area contributed by atoms with Crippen LogP contribution in [0.5, 0.6) is 0 Å². The van der Waals surface area contributed by atoms with Gasteiger partial charge >= 0.3 is 6.18 Å². The second-order valence-electron chi connectivity index (χ2n) is 4.36. The second-order valence-corrected chi connectivity index (χ2v) is 4.36. The molecule has 0 saturated carbocycles. The Bertz CT molecular complexity index is 406. The van der Waals surface area contributed by atoms with Crippen molar-refractivity contribution in [1.82, 2.24) is 5.32 Å². The van der Waals surface area contributed by atoms with Gasteiger partial charge in [-0.2, -0.15) is 13.2 Å². The third kappa shape index (κ3) is 4.90. The van der Waals surface area contributed by atoms with Crippen molar-refractivity contribution < 1.29 is 23.1 Å². The highest BCUT2D eigenvalue weighted by atomic mass is 19.4. The third-order valence-electron chi connectivity index (χ3n) is 2.67. The summed E-state index contributed by atoms with van der Waals surface area (Å²) in [6, 6.07) is 6.76. The number of amides is 1. The number of aliphatic hydroxyl groups excluding tert-OH is 1. The monoisotopic (exact) mass is 275 g/mol. The number of rotatable bonds is 5. The molecule has 106 valence electrons. The number of benzene rings is 1. The summed E-state index contributed by atoms with van der Waals surface area (Å²) >= 11 is 0. The van der Waals surface area contributed by atoms with Gasteiger partial charge in [-0.15, -0.1) is 0 Å². The molecule has 6 heteroatoms. The van der Waals surface area contributed by atoms with Crippen LogP contribution in [-0.4, -0.2) is 29.8 Å². The maximum Gasteiger partial charge on any atom is 0.396 e. The van der Waals surface area contributed by atoms with Crippen LogP contribution in [0, 0.1) is 0 Å². The summed E-state index contributed by atoms with van der Waals surface area (Å²) in [6.45, 7) is 1.21. The molecule has 19 heavy (non-hydrogen) atoms. The molecule has 0 fully saturated rings. The molecule has 2 N–H and O–H groups in total. The molecule has 0 aliphatic heterocycles. The normalized spacial score (nSPS) is 14.8. The zero-order valence-corrected chi connectivity index (χ0v) is 10.4. The number of carbonyl (C=O) groups excluding carboxylic acids is 1. The Hall–Kier alpha value is -1.56. The van der Waals surface area contributed by atoms with Crippen LogP contribution in [0.2, 0.25) is 0 Å². The van der Waals surface area contributed by atoms with Gasteiger partial charge in [0.1, 0.15) is 0 Å². The van der Waals surface area contributed by atoms with E-state index in [1.807, 2.05) is 0 Å². The standard InChI is InChI=1S/C13H16F3NO2/c1-9(8-18)17-12(19)7-11(13(14,15)16)10-5-3-2-4-6-10/h2-6,9,11,18H,7-8H2,1H3,(H,17,19). The lowest BCUT2D eigenvalue weighted by Gasteiger charge is -2.21. The molecule has 3 nitrogen and oxygen atoms in total. The van der Waals surface area contributed by atoms with Crippen LogP contribution < -0.4 is 5.32 Å². The van der Waals surface area contributed by atoms with Crippen molar-refractivity contribution >= 4 is 5.91 Å². The van der Waals surface area contributed by atoms with E-state index in [4.69, 9.17) is 5.11 Å². The summed E-state index contributed by atoms with van der Waals surface area (Å²) < 4.78 is 38.9. The molecule has 0 aliphatic rings. The summed E-state index contributed by atoms with van der Waals surface area (Å²) in [7, 11) is 0. The lowest BCUT2D eigenvalue weighted by molar-refractivity contribution is -0.157. The van der Waals surface area contributed by atoms with E-state index in [0.717, 1.165) is 0 Å². The molecule has 0 saturated heterocycles. The first kappa shape index (κ1) is 15.5. The minimum absolute atomic E-state index is 0.0572. The lowest BCUT2D eigenvalue weighted by atomic mass is 9.94. The molecule has 2 atom stereocenters. The number of alkyl halides is 3. The van der Waals surface area contributed by atoms with Crippen molar-refractivity contribution in [3.8, 4) is 0 Å². The first-order valence-corrected chi connectivity index (χ1v) is 5.86. The van der Waals surface area contributed by atoms with Gasteiger partial charge in [0.25, 0.3) is 0 Å². The number of aliphatic hydroxyl groups is 1. The summed E-state index contributed by atoms with van der Waals surface area (Å²) in [4.78, 5) is 11.5. The Morgan fingerprint density at radius 2 is 1.89 bits per heavy atom. The first-order valence-electron chi connectivity index (χ1n) is 5.86. The molecule has 1 rings (SSSR count). The summed E-state index contributed by atoms with van der Waals surface area (Å²) in [6.07, 6.45) is -5.17. The van der Waals surface area contributed by atoms with Crippen molar-refractivity contribution in [2.24, 2.45) is 0 Å². The maximum atomic E-state index is 13.0. The predicted octanol–water partition coefficient (Wildman–Crippen LogP) is 2.22. The van der Waals surface area contributed by atoms with Gasteiger partial charge in [-0.05, 0) is 12.5 Å². The van der Waals surface area contributed by atoms with Gasteiger partial charge in [-0.3, -0.25) is 4.79 Å². The molecular formula is C13H16F3NO2. The van der Waals surface area contributed by atoms with Crippen LogP contribution in [0.4, 0.5) is 13.2 Å². The van der Waals surface area contributed by atoms with Crippen LogP contribution >= 0.6 is 0 Å². The molecule has 0 aliphatic carbocycles. The smallest absolute Gasteiger partial charge is 0.394 e. The second kappa shape index (κ2) is 6.56. The van der Waals surface area contributed by atoms with E-state index in [9.17, 15) is 18.0 Å². The quantitative estimate of drug-likeness (QED) is 0.865. The van der Waals surface area contributed by atoms with Crippen LogP contribution in [0.25, 0.3) is 0 Å². The minimum atomic E-state index is -4.48. The van der Waals surface area contributed by atoms with Crippen molar-refractivity contribution in [3.63, 3.8) is 0 Å². The number of carbonyl (C=O) groups is 1. The van der Waals surface area contributed by atoms with Gasteiger partial charge < -0.3 is 10.4 Å². The summed E-state index contributed by atoms with van der Waals surface area (Å²) in [5.41, 5.74) is 0.0572. The summed E-state index contributed by atoms with van der Waals surface area (Å²) in [5.74, 6) is -2.56. The van der Waals surface area contributed by atoms with Crippen molar-refractivity contribution in [2.45, 2.75) is 31.5 Å². The van der Waals surface area contributed by atoms with E-state index in [2.05, 4.69) is 5.32 Å². The fraction of sp³-hybridized carbons (Fsp3) is 0.462. The fourth-order valence-electron chi connectivity index (χ4n) is 1.67. The molecule has 2 unspecified atom stereocenters. The Balaban J connectivity index is 2.80. The minimum Gasteiger partial charge on any atom is -0.394 e. The van der Waals surface area contributed by atoms with E-state index >= 15 is 0 Å². The van der Waals surface area contributed by atoms with Crippen molar-refractivity contribution in [1.29, 1.82) is 0 Å². The van der Waals surface area contributed by atoms with E-state index in [1.54, 1.807) is 6.07 Å². The molecule has 0 radical (unpaired) electrons. The molecule has 1 aromatic carbocycles. The van der Waals surface area contributed by atoms with Crippen LogP contribution in [0.1, 0.15) is 24.8 Å². The molecule has 0 heterocycles. The highest BCUT2D eigenvalue weighted by Crippen LogP contribution is 2.37. The lowest BCUT2D eigenvalue weighted by Crippen LogP contribution is -2.37. The number of nitrogens with one attached hydrogen (secondary N) is 1. The highest BCUT2D eigenvalue weighted by Gasteiger charge is 2.41. The fourth-order valence-corrected chi connectivity index (χ4v) is 1.67. The van der Waals surface area contributed by atoms with Gasteiger partial charge in [-0.25, -0.2) is 0 Å². The van der Waals surface area contributed by atoms with Crippen LogP contribution in [-0.2, 0) is 4.79 Å². The Morgan fingerprint density at radius 3 is 2.37 bits per heavy atom. The van der Waals surface area contributed by atoms with E-state index in [-0.39, 0.29) is 12.2 Å². The molecule has 0 bridgehead atoms. The van der Waals surface area contributed by atoms with Crippen LogP contribution in [0.15, 0.2) is 30.3 Å². The Labute approximate surface area is 109 Å². The molecule has 0 aromatic heterocycles. The van der Waals surface area contributed by atoms with Gasteiger partial charge in [0.05, 0.1) is 12.5 Å². The largest absolute Gasteiger partial charge is 0.396 e. The maximum absolute atomic E-state index is 13.0. The van der Waals surface area contributed by atoms with E-state index in [0.29, 0.717) is 0 Å². The number of halogens is 3. The predicted molar refractivity (Wildman–Crippen MR) is 64.5 cm³/mol. The Kier molecular flexibility index (Phi) is 5.35. The zero-order chi connectivity index (χ0) is 14.5. The van der Waals surface area contributed by atoms with Gasteiger partial charge in [0.2, 0.25) is 5.91 Å². The average Bonchev–Trinajstić information content (AvgIpc) is 2.35.